The van der Waals surface area contributed by atoms with Gasteiger partial charge in [0.2, 0.25) is 5.91 Å². The second kappa shape index (κ2) is 6.15. The minimum atomic E-state index is -0.210. The number of carbonyl (C=O) groups is 1. The first-order valence-electron chi connectivity index (χ1n) is 6.78. The molecule has 0 N–H and O–H groups in total. The summed E-state index contributed by atoms with van der Waals surface area (Å²) < 4.78 is 0. The van der Waals surface area contributed by atoms with Crippen LogP contribution in [0.4, 0.5) is 0 Å². The second-order valence-electron chi connectivity index (χ2n) is 6.68. The van der Waals surface area contributed by atoms with E-state index in [2.05, 4.69) is 37.8 Å². The van der Waals surface area contributed by atoms with E-state index >= 15 is 0 Å². The summed E-state index contributed by atoms with van der Waals surface area (Å²) in [7, 11) is 4.07. The third-order valence-corrected chi connectivity index (χ3v) is 4.21. The lowest BCUT2D eigenvalue weighted by atomic mass is 9.70. The van der Waals surface area contributed by atoms with E-state index in [1.165, 1.54) is 4.90 Å². The summed E-state index contributed by atoms with van der Waals surface area (Å²) in [4.78, 5) is 15.7. The van der Waals surface area contributed by atoms with Crippen LogP contribution >= 0.6 is 11.6 Å². The number of hydrogen-bond acceptors (Lipinski definition) is 3. The van der Waals surface area contributed by atoms with Crippen molar-refractivity contribution in [2.24, 2.45) is 5.41 Å². The fraction of sp³-hybridized carbons (Fsp3) is 0.733. The average molecular weight is 298 g/mol. The topological polar surface area (TPSA) is 47.3 Å². The maximum Gasteiger partial charge on any atom is 0.242 e. The zero-order chi connectivity index (χ0) is 15.6. The molecule has 0 saturated carbocycles. The van der Waals surface area contributed by atoms with Gasteiger partial charge >= 0.3 is 0 Å². The van der Waals surface area contributed by atoms with Crippen LogP contribution < -0.4 is 0 Å². The monoisotopic (exact) mass is 297 g/mol. The van der Waals surface area contributed by atoms with Crippen LogP contribution in [0.15, 0.2) is 11.8 Å². The largest absolute Gasteiger partial charge is 0.302 e. The molecule has 20 heavy (non-hydrogen) atoms. The lowest BCUT2D eigenvalue weighted by Crippen LogP contribution is -2.48. The normalized spacial score (nSPS) is 25.0. The van der Waals surface area contributed by atoms with E-state index in [-0.39, 0.29) is 29.3 Å². The standard InChI is InChI=1S/C15H24ClN3O/c1-14(2)8-12(9-15(3,11-14)18(4)5)19(7-6-17)13(20)10-16/h9H,7-8,10-11H2,1-5H3. The summed E-state index contributed by atoms with van der Waals surface area (Å²) in [6.45, 7) is 6.59. The van der Waals surface area contributed by atoms with Gasteiger partial charge in [0.1, 0.15) is 12.4 Å². The molecule has 0 aromatic rings. The van der Waals surface area contributed by atoms with E-state index in [1.54, 1.807) is 0 Å². The highest BCUT2D eigenvalue weighted by atomic mass is 35.5. The van der Waals surface area contributed by atoms with Crippen LogP contribution in [0.1, 0.15) is 33.6 Å². The van der Waals surface area contributed by atoms with Crippen molar-refractivity contribution in [2.45, 2.75) is 39.2 Å². The molecule has 1 atom stereocenters. The number of rotatable bonds is 4. The van der Waals surface area contributed by atoms with Crippen LogP contribution in [0.3, 0.4) is 0 Å². The molecular formula is C15H24ClN3O. The Morgan fingerprint density at radius 3 is 2.50 bits per heavy atom. The molecule has 0 bridgehead atoms. The SMILES string of the molecule is CN(C)C1(C)C=C(N(CC#N)C(=O)CCl)CC(C)(C)C1. The summed E-state index contributed by atoms with van der Waals surface area (Å²) in [5.41, 5.74) is 0.852. The summed E-state index contributed by atoms with van der Waals surface area (Å²) in [5, 5.41) is 8.96. The summed E-state index contributed by atoms with van der Waals surface area (Å²) in [5.74, 6) is -0.309. The van der Waals surface area contributed by atoms with Gasteiger partial charge in [0.15, 0.2) is 0 Å². The highest BCUT2D eigenvalue weighted by molar-refractivity contribution is 6.27. The van der Waals surface area contributed by atoms with E-state index in [0.717, 1.165) is 18.5 Å². The number of amides is 1. The lowest BCUT2D eigenvalue weighted by molar-refractivity contribution is -0.126. The average Bonchev–Trinajstić information content (AvgIpc) is 2.32. The molecule has 0 aliphatic heterocycles. The Balaban J connectivity index is 3.22. The van der Waals surface area contributed by atoms with Crippen molar-refractivity contribution in [3.05, 3.63) is 11.8 Å². The molecule has 0 heterocycles. The second-order valence-corrected chi connectivity index (χ2v) is 6.94. The third-order valence-electron chi connectivity index (χ3n) is 3.99. The van der Waals surface area contributed by atoms with Crippen LogP contribution in [-0.4, -0.2) is 47.8 Å². The molecule has 1 amide bonds. The maximum absolute atomic E-state index is 12.0. The Morgan fingerprint density at radius 1 is 1.45 bits per heavy atom. The molecule has 5 heteroatoms. The fourth-order valence-electron chi connectivity index (χ4n) is 2.94. The van der Waals surface area contributed by atoms with Gasteiger partial charge in [-0.3, -0.25) is 4.79 Å². The quantitative estimate of drug-likeness (QED) is 0.592. The van der Waals surface area contributed by atoms with Gasteiger partial charge in [-0.1, -0.05) is 13.8 Å². The summed E-state index contributed by atoms with van der Waals surface area (Å²) in [6, 6.07) is 2.06. The fourth-order valence-corrected chi connectivity index (χ4v) is 3.08. The first kappa shape index (κ1) is 17.0. The Labute approximate surface area is 127 Å². The van der Waals surface area contributed by atoms with Crippen molar-refractivity contribution < 1.29 is 4.79 Å². The van der Waals surface area contributed by atoms with Gasteiger partial charge in [-0.15, -0.1) is 11.6 Å². The number of nitrogens with zero attached hydrogens (tertiary/aromatic N) is 3. The maximum atomic E-state index is 12.0. The van der Waals surface area contributed by atoms with Crippen LogP contribution in [0.25, 0.3) is 0 Å². The molecule has 1 unspecified atom stereocenters. The third kappa shape index (κ3) is 3.74. The number of nitriles is 1. The smallest absolute Gasteiger partial charge is 0.242 e. The Kier molecular flexibility index (Phi) is 5.23. The van der Waals surface area contributed by atoms with E-state index in [0.29, 0.717) is 0 Å². The highest BCUT2D eigenvalue weighted by Crippen LogP contribution is 2.43. The molecule has 1 aliphatic rings. The summed E-state index contributed by atoms with van der Waals surface area (Å²) >= 11 is 5.67. The zero-order valence-corrected chi connectivity index (χ0v) is 13.8. The highest BCUT2D eigenvalue weighted by Gasteiger charge is 2.39. The molecule has 1 rings (SSSR count). The molecule has 0 aromatic heterocycles. The van der Waals surface area contributed by atoms with Crippen molar-refractivity contribution in [2.75, 3.05) is 26.5 Å². The molecule has 0 fully saturated rings. The van der Waals surface area contributed by atoms with Gasteiger partial charge in [0.25, 0.3) is 0 Å². The summed E-state index contributed by atoms with van der Waals surface area (Å²) in [6.07, 6.45) is 3.90. The van der Waals surface area contributed by atoms with Crippen molar-refractivity contribution in [1.82, 2.24) is 9.80 Å². The van der Waals surface area contributed by atoms with Gasteiger partial charge in [-0.2, -0.15) is 5.26 Å². The van der Waals surface area contributed by atoms with Gasteiger partial charge in [-0.25, -0.2) is 0 Å². The van der Waals surface area contributed by atoms with Crippen LogP contribution in [-0.2, 0) is 4.79 Å². The molecule has 112 valence electrons. The molecule has 0 aromatic carbocycles. The predicted molar refractivity (Wildman–Crippen MR) is 81.2 cm³/mol. The minimum absolute atomic E-state index is 0.0526. The van der Waals surface area contributed by atoms with Crippen molar-refractivity contribution in [3.8, 4) is 6.07 Å². The van der Waals surface area contributed by atoms with E-state index in [1.807, 2.05) is 14.1 Å². The van der Waals surface area contributed by atoms with Crippen molar-refractivity contribution >= 4 is 17.5 Å². The minimum Gasteiger partial charge on any atom is -0.302 e. The van der Waals surface area contributed by atoms with Gasteiger partial charge in [-0.05, 0) is 45.4 Å². The van der Waals surface area contributed by atoms with Crippen molar-refractivity contribution in [1.29, 1.82) is 5.26 Å². The number of halogens is 1. The van der Waals surface area contributed by atoms with Crippen LogP contribution in [0.2, 0.25) is 0 Å². The lowest BCUT2D eigenvalue weighted by Gasteiger charge is -2.46. The molecule has 0 saturated heterocycles. The number of likely N-dealkylation sites (N-methyl/N-ethyl adjacent to an activating group) is 1. The van der Waals surface area contributed by atoms with Gasteiger partial charge in [0.05, 0.1) is 6.07 Å². The molecule has 0 spiro atoms. The van der Waals surface area contributed by atoms with Crippen molar-refractivity contribution in [3.63, 3.8) is 0 Å². The number of allylic oxidation sites excluding steroid dienone is 1. The molecule has 4 nitrogen and oxygen atoms in total. The number of alkyl halides is 1. The van der Waals surface area contributed by atoms with Gasteiger partial charge in [0, 0.05) is 11.2 Å². The Bertz CT molecular complexity index is 451. The van der Waals surface area contributed by atoms with Gasteiger partial charge < -0.3 is 9.80 Å². The molecular weight excluding hydrogens is 274 g/mol. The predicted octanol–water partition coefficient (Wildman–Crippen LogP) is 2.60. The van der Waals surface area contributed by atoms with E-state index in [4.69, 9.17) is 16.9 Å². The molecule has 0 radical (unpaired) electrons. The van der Waals surface area contributed by atoms with E-state index < -0.39 is 0 Å². The van der Waals surface area contributed by atoms with Crippen LogP contribution in [0.5, 0.6) is 0 Å². The van der Waals surface area contributed by atoms with Crippen LogP contribution in [0, 0.1) is 16.7 Å². The van der Waals surface area contributed by atoms with E-state index in [9.17, 15) is 4.79 Å². The Hall–Kier alpha value is -1.05. The first-order valence-corrected chi connectivity index (χ1v) is 7.31. The first-order chi connectivity index (χ1) is 9.15. The Morgan fingerprint density at radius 2 is 2.05 bits per heavy atom. The molecule has 1 aliphatic carbocycles. The number of hydrogen-bond donors (Lipinski definition) is 0. The zero-order valence-electron chi connectivity index (χ0n) is 13.0. The number of carbonyl (C=O) groups excluding carboxylic acids is 1.